The number of amides is 2. The van der Waals surface area contributed by atoms with Gasteiger partial charge in [0.2, 0.25) is 11.8 Å². The zero-order valence-corrected chi connectivity index (χ0v) is 13.8. The first-order valence-electron chi connectivity index (χ1n) is 7.75. The zero-order chi connectivity index (χ0) is 16.9. The van der Waals surface area contributed by atoms with E-state index in [1.807, 2.05) is 30.3 Å². The van der Waals surface area contributed by atoms with Crippen LogP contribution < -0.4 is 10.9 Å². The third kappa shape index (κ3) is 4.06. The van der Waals surface area contributed by atoms with Crippen LogP contribution in [0.25, 0.3) is 0 Å². The number of likely N-dealkylation sites (tertiary alicyclic amines) is 1. The van der Waals surface area contributed by atoms with Crippen molar-refractivity contribution in [3.8, 4) is 0 Å². The molecule has 5 nitrogen and oxygen atoms in total. The van der Waals surface area contributed by atoms with Crippen LogP contribution in [0.15, 0.2) is 54.6 Å². The molecule has 1 saturated heterocycles. The molecule has 0 saturated carbocycles. The number of hydrogen-bond donors (Lipinski definition) is 2. The van der Waals surface area contributed by atoms with E-state index in [0.717, 1.165) is 5.56 Å². The monoisotopic (exact) mass is 343 g/mol. The summed E-state index contributed by atoms with van der Waals surface area (Å²) in [6.45, 7) is 0.960. The van der Waals surface area contributed by atoms with Gasteiger partial charge in [-0.3, -0.25) is 20.4 Å². The fraction of sp³-hybridized carbons (Fsp3) is 0.222. The Kier molecular flexibility index (Phi) is 5.01. The molecule has 0 bridgehead atoms. The minimum absolute atomic E-state index is 0.00163. The molecule has 3 rings (SSSR count). The van der Waals surface area contributed by atoms with Crippen LogP contribution in [-0.4, -0.2) is 23.3 Å². The smallest absolute Gasteiger partial charge is 0.243 e. The molecular formula is C18H18ClN3O2. The summed E-state index contributed by atoms with van der Waals surface area (Å²) in [5.74, 6) is -0.548. The molecule has 0 spiro atoms. The second-order valence-electron chi connectivity index (χ2n) is 5.79. The molecular weight excluding hydrogens is 326 g/mol. The largest absolute Gasteiger partial charge is 0.338 e. The molecule has 0 aromatic heterocycles. The molecule has 0 radical (unpaired) electrons. The van der Waals surface area contributed by atoms with E-state index >= 15 is 0 Å². The average Bonchev–Trinajstić information content (AvgIpc) is 2.95. The Hall–Kier alpha value is -2.53. The van der Waals surface area contributed by atoms with Crippen molar-refractivity contribution in [1.29, 1.82) is 0 Å². The van der Waals surface area contributed by atoms with Gasteiger partial charge in [0.05, 0.1) is 11.6 Å². The molecule has 2 N–H and O–H groups in total. The highest BCUT2D eigenvalue weighted by atomic mass is 35.5. The molecule has 1 heterocycles. The summed E-state index contributed by atoms with van der Waals surface area (Å²) in [6.07, 6.45) is 0.232. The van der Waals surface area contributed by atoms with E-state index in [9.17, 15) is 9.59 Å². The Morgan fingerprint density at radius 3 is 2.71 bits per heavy atom. The summed E-state index contributed by atoms with van der Waals surface area (Å²) in [4.78, 5) is 26.1. The first-order chi connectivity index (χ1) is 11.6. The topological polar surface area (TPSA) is 61.4 Å². The lowest BCUT2D eigenvalue weighted by Crippen LogP contribution is -2.36. The lowest BCUT2D eigenvalue weighted by atomic mass is 10.1. The maximum Gasteiger partial charge on any atom is 0.243 e. The van der Waals surface area contributed by atoms with Crippen molar-refractivity contribution >= 4 is 29.1 Å². The van der Waals surface area contributed by atoms with Crippen molar-refractivity contribution in [2.75, 3.05) is 12.0 Å². The minimum atomic E-state index is -0.354. The summed E-state index contributed by atoms with van der Waals surface area (Å²) in [5, 5.41) is 0.583. The van der Waals surface area contributed by atoms with E-state index in [2.05, 4.69) is 10.9 Å². The number of anilines is 1. The summed E-state index contributed by atoms with van der Waals surface area (Å²) in [5.41, 5.74) is 7.23. The third-order valence-electron chi connectivity index (χ3n) is 3.96. The van der Waals surface area contributed by atoms with Gasteiger partial charge in [-0.15, -0.1) is 0 Å². The van der Waals surface area contributed by atoms with Crippen molar-refractivity contribution in [3.63, 3.8) is 0 Å². The van der Waals surface area contributed by atoms with E-state index < -0.39 is 0 Å². The Morgan fingerprint density at radius 1 is 1.17 bits per heavy atom. The molecule has 6 heteroatoms. The van der Waals surface area contributed by atoms with E-state index in [4.69, 9.17) is 11.6 Å². The van der Waals surface area contributed by atoms with E-state index in [1.54, 1.807) is 29.2 Å². The molecule has 2 amide bonds. The summed E-state index contributed by atoms with van der Waals surface area (Å²) in [7, 11) is 0. The Morgan fingerprint density at radius 2 is 1.96 bits per heavy atom. The van der Waals surface area contributed by atoms with Crippen molar-refractivity contribution in [2.24, 2.45) is 5.92 Å². The number of nitrogens with one attached hydrogen (secondary N) is 2. The van der Waals surface area contributed by atoms with Gasteiger partial charge in [0.15, 0.2) is 0 Å². The standard InChI is InChI=1S/C18H18ClN3O2/c19-15-7-4-8-16(10-15)20-21-18(24)14-9-17(23)22(12-14)11-13-5-2-1-3-6-13/h1-8,10,14,20H,9,11-12H2,(H,21,24). The Labute approximate surface area is 145 Å². The highest BCUT2D eigenvalue weighted by Crippen LogP contribution is 2.20. The van der Waals surface area contributed by atoms with Crippen molar-refractivity contribution in [2.45, 2.75) is 13.0 Å². The van der Waals surface area contributed by atoms with Gasteiger partial charge in [-0.2, -0.15) is 0 Å². The minimum Gasteiger partial charge on any atom is -0.338 e. The third-order valence-corrected chi connectivity index (χ3v) is 4.19. The molecule has 1 aliphatic heterocycles. The number of hydrazine groups is 1. The van der Waals surface area contributed by atoms with E-state index in [1.165, 1.54) is 0 Å². The predicted octanol–water partition coefficient (Wildman–Crippen LogP) is 2.83. The normalized spacial score (nSPS) is 17.0. The van der Waals surface area contributed by atoms with Crippen molar-refractivity contribution in [3.05, 3.63) is 65.2 Å². The van der Waals surface area contributed by atoms with Crippen LogP contribution in [0.3, 0.4) is 0 Å². The molecule has 24 heavy (non-hydrogen) atoms. The number of benzene rings is 2. The Balaban J connectivity index is 1.54. The van der Waals surface area contributed by atoms with Gasteiger partial charge in [-0.25, -0.2) is 0 Å². The first-order valence-corrected chi connectivity index (χ1v) is 8.13. The SMILES string of the molecule is O=C(NNc1cccc(Cl)c1)C1CC(=O)N(Cc2ccccc2)C1. The highest BCUT2D eigenvalue weighted by molar-refractivity contribution is 6.30. The van der Waals surface area contributed by atoms with Gasteiger partial charge < -0.3 is 4.90 Å². The fourth-order valence-electron chi connectivity index (χ4n) is 2.71. The van der Waals surface area contributed by atoms with Crippen molar-refractivity contribution in [1.82, 2.24) is 10.3 Å². The highest BCUT2D eigenvalue weighted by Gasteiger charge is 2.34. The van der Waals surface area contributed by atoms with E-state index in [-0.39, 0.29) is 24.2 Å². The van der Waals surface area contributed by atoms with Crippen LogP contribution in [0, 0.1) is 5.92 Å². The molecule has 1 fully saturated rings. The van der Waals surface area contributed by atoms with Crippen LogP contribution in [0.5, 0.6) is 0 Å². The second-order valence-corrected chi connectivity index (χ2v) is 6.22. The molecule has 0 aliphatic carbocycles. The van der Waals surface area contributed by atoms with Crippen LogP contribution in [0.1, 0.15) is 12.0 Å². The van der Waals surface area contributed by atoms with Gasteiger partial charge >= 0.3 is 0 Å². The molecule has 1 unspecified atom stereocenters. The summed E-state index contributed by atoms with van der Waals surface area (Å²) in [6, 6.07) is 16.8. The van der Waals surface area contributed by atoms with E-state index in [0.29, 0.717) is 23.8 Å². The average molecular weight is 344 g/mol. The molecule has 2 aromatic carbocycles. The Bertz CT molecular complexity index is 736. The molecule has 2 aromatic rings. The number of carbonyl (C=O) groups is 2. The fourth-order valence-corrected chi connectivity index (χ4v) is 2.90. The maximum absolute atomic E-state index is 12.3. The zero-order valence-electron chi connectivity index (χ0n) is 13.0. The molecule has 124 valence electrons. The summed E-state index contributed by atoms with van der Waals surface area (Å²) >= 11 is 5.90. The van der Waals surface area contributed by atoms with Gasteiger partial charge in [0.1, 0.15) is 0 Å². The van der Waals surface area contributed by atoms with Gasteiger partial charge in [0.25, 0.3) is 0 Å². The summed E-state index contributed by atoms with van der Waals surface area (Å²) < 4.78 is 0. The van der Waals surface area contributed by atoms with Crippen LogP contribution in [0.2, 0.25) is 5.02 Å². The van der Waals surface area contributed by atoms with Gasteiger partial charge in [-0.05, 0) is 23.8 Å². The number of hydrogen-bond acceptors (Lipinski definition) is 3. The quantitative estimate of drug-likeness (QED) is 0.821. The number of rotatable bonds is 5. The van der Waals surface area contributed by atoms with Gasteiger partial charge in [-0.1, -0.05) is 48.0 Å². The predicted molar refractivity (Wildman–Crippen MR) is 93.2 cm³/mol. The number of nitrogens with zero attached hydrogens (tertiary/aromatic N) is 1. The van der Waals surface area contributed by atoms with Crippen LogP contribution in [-0.2, 0) is 16.1 Å². The molecule has 1 atom stereocenters. The number of halogens is 1. The lowest BCUT2D eigenvalue weighted by Gasteiger charge is -2.17. The second kappa shape index (κ2) is 7.36. The van der Waals surface area contributed by atoms with Gasteiger partial charge in [0, 0.05) is 24.5 Å². The lowest BCUT2D eigenvalue weighted by molar-refractivity contribution is -0.129. The maximum atomic E-state index is 12.3. The number of carbonyl (C=O) groups excluding carboxylic acids is 2. The van der Waals surface area contributed by atoms with Crippen molar-refractivity contribution < 1.29 is 9.59 Å². The van der Waals surface area contributed by atoms with Crippen LogP contribution >= 0.6 is 11.6 Å². The molecule has 1 aliphatic rings. The first kappa shape index (κ1) is 16.3. The van der Waals surface area contributed by atoms with Crippen LogP contribution in [0.4, 0.5) is 5.69 Å².